The van der Waals surface area contributed by atoms with Crippen molar-refractivity contribution in [2.75, 3.05) is 5.32 Å². The van der Waals surface area contributed by atoms with E-state index in [1.165, 1.54) is 16.9 Å². The summed E-state index contributed by atoms with van der Waals surface area (Å²) in [5, 5.41) is 9.50. The lowest BCUT2D eigenvalue weighted by atomic mass is 10.1. The van der Waals surface area contributed by atoms with Gasteiger partial charge in [0, 0.05) is 24.8 Å². The van der Waals surface area contributed by atoms with Crippen molar-refractivity contribution in [2.45, 2.75) is 37.5 Å². The highest BCUT2D eigenvalue weighted by Gasteiger charge is 2.32. The van der Waals surface area contributed by atoms with Crippen molar-refractivity contribution in [3.8, 4) is 5.69 Å². The van der Waals surface area contributed by atoms with Gasteiger partial charge in [0.1, 0.15) is 0 Å². The fourth-order valence-electron chi connectivity index (χ4n) is 3.68. The molecule has 29 heavy (non-hydrogen) atoms. The van der Waals surface area contributed by atoms with Crippen LogP contribution in [0.25, 0.3) is 5.69 Å². The molecule has 1 saturated carbocycles. The van der Waals surface area contributed by atoms with Crippen LogP contribution in [-0.2, 0) is 6.18 Å². The van der Waals surface area contributed by atoms with Crippen molar-refractivity contribution in [3.05, 3.63) is 60.9 Å². The predicted octanol–water partition coefficient (Wildman–Crippen LogP) is 4.00. The largest absolute Gasteiger partial charge is 0.416 e. The maximum absolute atomic E-state index is 13.2. The summed E-state index contributed by atoms with van der Waals surface area (Å²) < 4.78 is 42.8. The second-order valence-corrected chi connectivity index (χ2v) is 6.89. The Morgan fingerprint density at radius 3 is 2.72 bits per heavy atom. The van der Waals surface area contributed by atoms with Crippen molar-refractivity contribution >= 4 is 11.7 Å². The number of urea groups is 1. The Morgan fingerprint density at radius 1 is 1.17 bits per heavy atom. The minimum Gasteiger partial charge on any atom is -0.333 e. The molecule has 0 saturated heterocycles. The highest BCUT2D eigenvalue weighted by atomic mass is 19.4. The number of halogens is 3. The number of hydrogen-bond donors (Lipinski definition) is 2. The molecule has 7 nitrogen and oxygen atoms in total. The highest BCUT2D eigenvalue weighted by Crippen LogP contribution is 2.34. The molecule has 10 heteroatoms. The molecule has 1 fully saturated rings. The van der Waals surface area contributed by atoms with E-state index in [0.717, 1.165) is 31.4 Å². The molecule has 2 amide bonds. The van der Waals surface area contributed by atoms with Crippen LogP contribution in [0.4, 0.5) is 23.7 Å². The molecule has 4 rings (SSSR count). The Hall–Kier alpha value is -3.30. The zero-order valence-electron chi connectivity index (χ0n) is 15.3. The van der Waals surface area contributed by atoms with E-state index in [1.807, 2.05) is 10.8 Å². The van der Waals surface area contributed by atoms with Gasteiger partial charge in [-0.3, -0.25) is 0 Å². The van der Waals surface area contributed by atoms with Gasteiger partial charge >= 0.3 is 12.2 Å². The number of aromatic nitrogens is 4. The van der Waals surface area contributed by atoms with E-state index in [-0.39, 0.29) is 17.8 Å². The fraction of sp³-hybridized carbons (Fsp3) is 0.316. The number of rotatable bonds is 4. The molecule has 0 unspecified atom stereocenters. The van der Waals surface area contributed by atoms with Crippen molar-refractivity contribution in [3.63, 3.8) is 0 Å². The Kier molecular flexibility index (Phi) is 4.99. The van der Waals surface area contributed by atoms with Crippen LogP contribution < -0.4 is 10.6 Å². The minimum atomic E-state index is -4.52. The van der Waals surface area contributed by atoms with Crippen LogP contribution in [0.5, 0.6) is 0 Å². The molecule has 1 aromatic carbocycles. The van der Waals surface area contributed by atoms with E-state index >= 15 is 0 Å². The van der Waals surface area contributed by atoms with Crippen LogP contribution >= 0.6 is 0 Å². The van der Waals surface area contributed by atoms with E-state index in [9.17, 15) is 18.0 Å². The number of hydrogen-bond acceptors (Lipinski definition) is 3. The second-order valence-electron chi connectivity index (χ2n) is 6.89. The monoisotopic (exact) mass is 404 g/mol. The van der Waals surface area contributed by atoms with Gasteiger partial charge < -0.3 is 15.2 Å². The third kappa shape index (κ3) is 4.10. The standard InChI is InChI=1S/C19H19F3N6O/c20-19(21,22)13-5-6-17(28-9-2-7-24-28)15(11-13)26-18(29)25-14-3-1-4-16(14)27-10-8-23-12-27/h2,5-12,14,16H,1,3-4H2,(H2,25,26,29)/t14-,16-/m1/s1. The van der Waals surface area contributed by atoms with Gasteiger partial charge in [0.05, 0.1) is 35.3 Å². The van der Waals surface area contributed by atoms with Crippen molar-refractivity contribution < 1.29 is 18.0 Å². The minimum absolute atomic E-state index is 0.0261. The summed E-state index contributed by atoms with van der Waals surface area (Å²) in [5.74, 6) is 0. The van der Waals surface area contributed by atoms with Crippen LogP contribution in [0, 0.1) is 0 Å². The lowest BCUT2D eigenvalue weighted by molar-refractivity contribution is -0.137. The number of nitrogens with one attached hydrogen (secondary N) is 2. The molecule has 152 valence electrons. The fourth-order valence-corrected chi connectivity index (χ4v) is 3.68. The van der Waals surface area contributed by atoms with E-state index in [1.54, 1.807) is 24.8 Å². The number of carbonyl (C=O) groups excluding carboxylic acids is 1. The number of carbonyl (C=O) groups is 1. The number of anilines is 1. The molecule has 0 spiro atoms. The van der Waals surface area contributed by atoms with Crippen LogP contribution in [0.1, 0.15) is 30.9 Å². The molecule has 2 atom stereocenters. The molecule has 2 aromatic heterocycles. The molecule has 3 aromatic rings. The Balaban J connectivity index is 1.55. The third-order valence-corrected chi connectivity index (χ3v) is 5.03. The number of amides is 2. The average molecular weight is 404 g/mol. The quantitative estimate of drug-likeness (QED) is 0.690. The van der Waals surface area contributed by atoms with E-state index in [0.29, 0.717) is 5.69 Å². The van der Waals surface area contributed by atoms with Crippen LogP contribution in [-0.4, -0.2) is 31.4 Å². The van der Waals surface area contributed by atoms with Gasteiger partial charge in [0.15, 0.2) is 0 Å². The van der Waals surface area contributed by atoms with E-state index in [4.69, 9.17) is 0 Å². The summed E-state index contributed by atoms with van der Waals surface area (Å²) in [4.78, 5) is 16.6. The second kappa shape index (κ2) is 7.61. The summed E-state index contributed by atoms with van der Waals surface area (Å²) in [5.41, 5.74) is -0.477. The Morgan fingerprint density at radius 2 is 2.03 bits per heavy atom. The first kappa shape index (κ1) is 19.0. The molecule has 0 radical (unpaired) electrons. The van der Waals surface area contributed by atoms with Gasteiger partial charge in [0.25, 0.3) is 0 Å². The maximum Gasteiger partial charge on any atom is 0.416 e. The third-order valence-electron chi connectivity index (χ3n) is 5.03. The van der Waals surface area contributed by atoms with Crippen LogP contribution in [0.3, 0.4) is 0 Å². The molecule has 1 aliphatic rings. The molecule has 0 bridgehead atoms. The number of nitrogens with zero attached hydrogens (tertiary/aromatic N) is 4. The maximum atomic E-state index is 13.2. The first-order chi connectivity index (χ1) is 13.9. The van der Waals surface area contributed by atoms with Gasteiger partial charge in [0.2, 0.25) is 0 Å². The molecule has 0 aliphatic heterocycles. The lowest BCUT2D eigenvalue weighted by Gasteiger charge is -2.23. The number of benzene rings is 1. The zero-order chi connectivity index (χ0) is 20.4. The number of imidazole rings is 1. The van der Waals surface area contributed by atoms with E-state index < -0.39 is 17.8 Å². The summed E-state index contributed by atoms with van der Waals surface area (Å²) in [6, 6.07) is 4.18. The summed E-state index contributed by atoms with van der Waals surface area (Å²) in [6.45, 7) is 0. The Labute approximate surface area is 164 Å². The molecule has 1 aliphatic carbocycles. The van der Waals surface area contributed by atoms with E-state index in [2.05, 4.69) is 20.7 Å². The summed E-state index contributed by atoms with van der Waals surface area (Å²) >= 11 is 0. The highest BCUT2D eigenvalue weighted by molar-refractivity contribution is 5.92. The molecular weight excluding hydrogens is 385 g/mol. The number of alkyl halides is 3. The first-order valence-electron chi connectivity index (χ1n) is 9.18. The topological polar surface area (TPSA) is 76.8 Å². The molecule has 2 heterocycles. The van der Waals surface area contributed by atoms with Crippen molar-refractivity contribution in [1.29, 1.82) is 0 Å². The van der Waals surface area contributed by atoms with Crippen molar-refractivity contribution in [2.24, 2.45) is 0 Å². The van der Waals surface area contributed by atoms with Gasteiger partial charge in [-0.1, -0.05) is 0 Å². The summed E-state index contributed by atoms with van der Waals surface area (Å²) in [6.07, 6.45) is 6.41. The molecular formula is C19H19F3N6O. The van der Waals surface area contributed by atoms with Gasteiger partial charge in [-0.15, -0.1) is 0 Å². The summed E-state index contributed by atoms with van der Waals surface area (Å²) in [7, 11) is 0. The normalized spacial score (nSPS) is 19.3. The average Bonchev–Trinajstić information content (AvgIpc) is 3.43. The van der Waals surface area contributed by atoms with Gasteiger partial charge in [-0.2, -0.15) is 18.3 Å². The van der Waals surface area contributed by atoms with Crippen LogP contribution in [0.15, 0.2) is 55.4 Å². The van der Waals surface area contributed by atoms with Gasteiger partial charge in [-0.25, -0.2) is 14.5 Å². The first-order valence-corrected chi connectivity index (χ1v) is 9.18. The smallest absolute Gasteiger partial charge is 0.333 e. The lowest BCUT2D eigenvalue weighted by Crippen LogP contribution is -2.40. The zero-order valence-corrected chi connectivity index (χ0v) is 15.3. The Bertz CT molecular complexity index is 969. The SMILES string of the molecule is O=C(Nc1cc(C(F)(F)F)ccc1-n1cccn1)N[C@@H]1CCC[C@H]1n1ccnc1. The predicted molar refractivity (Wildman–Crippen MR) is 99.6 cm³/mol. The van der Waals surface area contributed by atoms with Gasteiger partial charge in [-0.05, 0) is 43.5 Å². The van der Waals surface area contributed by atoms with Crippen LogP contribution in [0.2, 0.25) is 0 Å². The van der Waals surface area contributed by atoms with Crippen molar-refractivity contribution in [1.82, 2.24) is 24.6 Å². The molecule has 2 N–H and O–H groups in total.